The van der Waals surface area contributed by atoms with E-state index in [1.165, 1.54) is 315 Å². The number of hydrogen-bond donors (Lipinski definition) is 1. The molecule has 0 saturated carbocycles. The maximum atomic E-state index is 12.9. The second-order valence-electron chi connectivity index (χ2n) is 24.9. The fourth-order valence-electron chi connectivity index (χ4n) is 10.7. The third-order valence-corrected chi connectivity index (χ3v) is 16.9. The molecule has 0 aromatic rings. The minimum Gasteiger partial charge on any atom is -0.457 e. The summed E-state index contributed by atoms with van der Waals surface area (Å²) in [6, 6.07) is 0. The van der Waals surface area contributed by atoms with Gasteiger partial charge in [0.15, 0.2) is 0 Å². The van der Waals surface area contributed by atoms with E-state index < -0.39 is 13.9 Å². The molecule has 0 spiro atoms. The van der Waals surface area contributed by atoms with Crippen molar-refractivity contribution < 1.29 is 37.3 Å². The Balaban J connectivity index is 3.85. The van der Waals surface area contributed by atoms with E-state index in [-0.39, 0.29) is 25.8 Å². The lowest BCUT2D eigenvalue weighted by Crippen LogP contribution is -2.37. The van der Waals surface area contributed by atoms with Crippen LogP contribution in [0.4, 0.5) is 0 Å². The molecule has 0 aliphatic rings. The van der Waals surface area contributed by atoms with Crippen LogP contribution in [-0.2, 0) is 27.9 Å². The van der Waals surface area contributed by atoms with E-state index in [2.05, 4.69) is 13.8 Å². The van der Waals surface area contributed by atoms with E-state index in [1.54, 1.807) is 0 Å². The van der Waals surface area contributed by atoms with Gasteiger partial charge in [-0.25, -0.2) is 4.57 Å². The summed E-state index contributed by atoms with van der Waals surface area (Å²) in [6.45, 7) is 5.73. The fraction of sp³-hybridized carbons (Fsp3) is 0.985. The molecule has 0 fully saturated rings. The van der Waals surface area contributed by atoms with Crippen molar-refractivity contribution in [2.75, 3.05) is 54.1 Å². The average Bonchev–Trinajstić information content (AvgIpc) is 3.39. The molecule has 0 rings (SSSR count). The first-order valence-corrected chi connectivity index (χ1v) is 35.8. The van der Waals surface area contributed by atoms with Gasteiger partial charge in [-0.05, 0) is 12.8 Å². The maximum absolute atomic E-state index is 12.9. The fourth-order valence-corrected chi connectivity index (χ4v) is 11.4. The number of rotatable bonds is 66. The predicted octanol–water partition coefficient (Wildman–Crippen LogP) is 22.2. The number of esters is 1. The summed E-state index contributed by atoms with van der Waals surface area (Å²) in [5.74, 6) is -0.300. The zero-order valence-corrected chi connectivity index (χ0v) is 53.2. The Labute approximate surface area is 476 Å². The lowest BCUT2D eigenvalue weighted by Gasteiger charge is -2.24. The van der Waals surface area contributed by atoms with Gasteiger partial charge >= 0.3 is 13.8 Å². The van der Waals surface area contributed by atoms with Crippen LogP contribution < -0.4 is 0 Å². The van der Waals surface area contributed by atoms with Crippen molar-refractivity contribution in [3.05, 3.63) is 0 Å². The zero-order chi connectivity index (χ0) is 55.4. The highest BCUT2D eigenvalue weighted by molar-refractivity contribution is 7.47. The topological polar surface area (TPSA) is 91.3 Å². The Hall–Kier alpha value is -0.500. The molecule has 0 aliphatic heterocycles. The highest BCUT2D eigenvalue weighted by atomic mass is 31.2. The summed E-state index contributed by atoms with van der Waals surface area (Å²) >= 11 is 0. The van der Waals surface area contributed by atoms with Crippen molar-refractivity contribution >= 4 is 13.8 Å². The molecule has 0 saturated heterocycles. The summed E-state index contributed by atoms with van der Waals surface area (Å²) in [5, 5.41) is 0. The summed E-state index contributed by atoms with van der Waals surface area (Å²) in [5.41, 5.74) is 0. The van der Waals surface area contributed by atoms with Crippen molar-refractivity contribution in [3.63, 3.8) is 0 Å². The number of likely N-dealkylation sites (N-methyl/N-ethyl adjacent to an activating group) is 1. The van der Waals surface area contributed by atoms with Crippen LogP contribution in [0.2, 0.25) is 0 Å². The number of phosphoric acid groups is 1. The SMILES string of the molecule is CCCCCCCCCCCCCCCCCCCCCCCCCCCCCCCCCCCCC(=O)O[C@H](COCCCCCCCCCCCCCCCCCCCCCC)COP(=O)(O)OCC[N+](C)(C)C. The molecule has 0 aromatic heterocycles. The van der Waals surface area contributed by atoms with Crippen molar-refractivity contribution in [2.45, 2.75) is 373 Å². The Morgan fingerprint density at radius 3 is 0.868 bits per heavy atom. The smallest absolute Gasteiger partial charge is 0.457 e. The molecule has 0 heterocycles. The number of quaternary nitrogens is 1. The van der Waals surface area contributed by atoms with Crippen LogP contribution in [0.1, 0.15) is 367 Å². The molecule has 0 aromatic carbocycles. The molecule has 0 radical (unpaired) electrons. The summed E-state index contributed by atoms with van der Waals surface area (Å²) in [7, 11) is 1.70. The lowest BCUT2D eigenvalue weighted by atomic mass is 10.0. The Morgan fingerprint density at radius 2 is 0.605 bits per heavy atom. The highest BCUT2D eigenvalue weighted by Crippen LogP contribution is 2.43. The zero-order valence-electron chi connectivity index (χ0n) is 52.3. The van der Waals surface area contributed by atoms with Crippen molar-refractivity contribution in [3.8, 4) is 0 Å². The molecule has 8 nitrogen and oxygen atoms in total. The second kappa shape index (κ2) is 60.6. The molecule has 0 amide bonds. The highest BCUT2D eigenvalue weighted by Gasteiger charge is 2.26. The summed E-state index contributed by atoms with van der Waals surface area (Å²) in [6.07, 6.45) is 73.6. The molecule has 0 bridgehead atoms. The molecule has 0 aliphatic carbocycles. The molecule has 456 valence electrons. The van der Waals surface area contributed by atoms with Gasteiger partial charge in [0, 0.05) is 13.0 Å². The van der Waals surface area contributed by atoms with Crippen LogP contribution >= 0.6 is 7.82 Å². The van der Waals surface area contributed by atoms with E-state index in [9.17, 15) is 14.3 Å². The monoisotopic (exact) mass is 1100 g/mol. The van der Waals surface area contributed by atoms with E-state index in [0.717, 1.165) is 32.1 Å². The van der Waals surface area contributed by atoms with Gasteiger partial charge in [0.1, 0.15) is 19.3 Å². The van der Waals surface area contributed by atoms with Gasteiger partial charge in [0.2, 0.25) is 0 Å². The number of nitrogens with zero attached hydrogens (tertiary/aromatic N) is 1. The Bertz CT molecular complexity index is 1180. The normalized spacial score (nSPS) is 13.2. The minimum atomic E-state index is -4.28. The van der Waals surface area contributed by atoms with Crippen molar-refractivity contribution in [1.82, 2.24) is 0 Å². The van der Waals surface area contributed by atoms with E-state index in [1.807, 2.05) is 21.1 Å². The molecule has 9 heteroatoms. The van der Waals surface area contributed by atoms with Crippen molar-refractivity contribution in [2.24, 2.45) is 0 Å². The maximum Gasteiger partial charge on any atom is 0.472 e. The van der Waals surface area contributed by atoms with Gasteiger partial charge in [-0.2, -0.15) is 0 Å². The largest absolute Gasteiger partial charge is 0.472 e. The molecule has 1 unspecified atom stereocenters. The number of carbonyl (C=O) groups excluding carboxylic acids is 1. The lowest BCUT2D eigenvalue weighted by molar-refractivity contribution is -0.870. The van der Waals surface area contributed by atoms with Crippen LogP contribution in [-0.4, -0.2) is 75.6 Å². The third-order valence-electron chi connectivity index (χ3n) is 15.9. The summed E-state index contributed by atoms with van der Waals surface area (Å²) < 4.78 is 35.4. The minimum absolute atomic E-state index is 0.0947. The number of unbranched alkanes of at least 4 members (excludes halogenated alkanes) is 52. The first-order chi connectivity index (χ1) is 37.1. The van der Waals surface area contributed by atoms with Gasteiger partial charge in [-0.1, -0.05) is 348 Å². The molecular weight excluding hydrogens is 962 g/mol. The van der Waals surface area contributed by atoms with Gasteiger partial charge in [0.05, 0.1) is 34.4 Å². The Kier molecular flexibility index (Phi) is 60.2. The number of hydrogen-bond acceptors (Lipinski definition) is 6. The number of carbonyl (C=O) groups is 1. The van der Waals surface area contributed by atoms with E-state index >= 15 is 0 Å². The average molecular weight is 1100 g/mol. The van der Waals surface area contributed by atoms with Crippen LogP contribution in [0.3, 0.4) is 0 Å². The van der Waals surface area contributed by atoms with Crippen LogP contribution in [0.25, 0.3) is 0 Å². The van der Waals surface area contributed by atoms with E-state index in [4.69, 9.17) is 18.5 Å². The number of ether oxygens (including phenoxy) is 2. The van der Waals surface area contributed by atoms with Gasteiger partial charge in [-0.15, -0.1) is 0 Å². The standard InChI is InChI=1S/C67H136NO7P/c1-6-8-10-12-14-16-18-20-22-24-26-28-29-30-31-32-33-34-35-36-37-38-39-40-41-42-44-46-48-50-52-54-56-58-60-67(69)75-66(65-74-76(70,71)73-63-61-68(3,4)5)64-72-62-59-57-55-53-51-49-47-45-43-27-25-23-21-19-17-15-13-11-9-7-2/h66H,6-65H2,1-5H3/p+1/t66-/m1/s1. The van der Waals surface area contributed by atoms with Gasteiger partial charge in [0.25, 0.3) is 0 Å². The second-order valence-corrected chi connectivity index (χ2v) is 26.4. The molecule has 1 N–H and O–H groups in total. The molecular formula is C67H137NO7P+. The Morgan fingerprint density at radius 1 is 0.355 bits per heavy atom. The van der Waals surface area contributed by atoms with Gasteiger partial charge < -0.3 is 18.9 Å². The molecule has 2 atom stereocenters. The van der Waals surface area contributed by atoms with Crippen LogP contribution in [0, 0.1) is 0 Å². The molecule has 76 heavy (non-hydrogen) atoms. The van der Waals surface area contributed by atoms with Gasteiger partial charge in [-0.3, -0.25) is 13.8 Å². The van der Waals surface area contributed by atoms with E-state index in [0.29, 0.717) is 24.1 Å². The quantitative estimate of drug-likeness (QED) is 0.0281. The van der Waals surface area contributed by atoms with Crippen LogP contribution in [0.5, 0.6) is 0 Å². The summed E-state index contributed by atoms with van der Waals surface area (Å²) in [4.78, 5) is 23.2. The third kappa shape index (κ3) is 64.3. The first kappa shape index (κ1) is 75.5. The predicted molar refractivity (Wildman–Crippen MR) is 331 cm³/mol. The number of phosphoric ester groups is 1. The first-order valence-electron chi connectivity index (χ1n) is 34.3. The van der Waals surface area contributed by atoms with Crippen LogP contribution in [0.15, 0.2) is 0 Å². The van der Waals surface area contributed by atoms with Crippen molar-refractivity contribution in [1.29, 1.82) is 0 Å².